The molecule has 5 heteroatoms. The van der Waals surface area contributed by atoms with E-state index in [4.69, 9.17) is 4.74 Å². The number of hydrogen-bond donors (Lipinski definition) is 1. The molecule has 30 heavy (non-hydrogen) atoms. The van der Waals surface area contributed by atoms with Crippen LogP contribution in [0, 0.1) is 0 Å². The number of imidazole rings is 1. The van der Waals surface area contributed by atoms with E-state index in [1.54, 1.807) is 6.33 Å². The Bertz CT molecular complexity index is 1210. The fourth-order valence-electron chi connectivity index (χ4n) is 3.93. The zero-order valence-corrected chi connectivity index (χ0v) is 16.9. The van der Waals surface area contributed by atoms with Gasteiger partial charge in [-0.2, -0.15) is 0 Å². The Hall–Kier alpha value is -3.60. The van der Waals surface area contributed by atoms with E-state index in [1.807, 2.05) is 41.3 Å². The van der Waals surface area contributed by atoms with Gasteiger partial charge in [0.15, 0.2) is 0 Å². The largest absolute Gasteiger partial charge is 0.491 e. The van der Waals surface area contributed by atoms with E-state index in [0.29, 0.717) is 19.7 Å². The molecule has 0 unspecified atom stereocenters. The second-order valence-corrected chi connectivity index (χ2v) is 7.58. The normalized spacial score (nSPS) is 13.6. The molecule has 0 saturated heterocycles. The van der Waals surface area contributed by atoms with Crippen LogP contribution in [0.15, 0.2) is 67.0 Å². The number of fused-ring (bicyclic) bond motifs is 2. The summed E-state index contributed by atoms with van der Waals surface area (Å²) in [6.45, 7) is 3.70. The van der Waals surface area contributed by atoms with Crippen LogP contribution in [0.25, 0.3) is 22.2 Å². The van der Waals surface area contributed by atoms with Crippen molar-refractivity contribution in [3.63, 3.8) is 0 Å². The van der Waals surface area contributed by atoms with E-state index >= 15 is 0 Å². The topological polar surface area (TPSA) is 58.2 Å². The minimum Gasteiger partial charge on any atom is -0.491 e. The summed E-state index contributed by atoms with van der Waals surface area (Å²) in [6.07, 6.45) is 2.67. The number of hydrogen-bond acceptors (Lipinski definition) is 3. The Balaban J connectivity index is 1.44. The molecular formula is C25H23N3O2. The molecule has 1 aliphatic heterocycles. The van der Waals surface area contributed by atoms with E-state index in [9.17, 15) is 4.79 Å². The van der Waals surface area contributed by atoms with Crippen LogP contribution in [0.3, 0.4) is 0 Å². The molecule has 5 nitrogen and oxygen atoms in total. The number of carbonyl (C=O) groups excluding carboxylic acids is 1. The van der Waals surface area contributed by atoms with Gasteiger partial charge in [0.1, 0.15) is 12.4 Å². The van der Waals surface area contributed by atoms with Gasteiger partial charge in [-0.05, 0) is 59.5 Å². The van der Waals surface area contributed by atoms with E-state index in [0.717, 1.165) is 45.5 Å². The summed E-state index contributed by atoms with van der Waals surface area (Å²) in [7, 11) is 0. The van der Waals surface area contributed by atoms with Crippen LogP contribution in [0.2, 0.25) is 0 Å². The molecule has 0 atom stereocenters. The Morgan fingerprint density at radius 3 is 2.70 bits per heavy atom. The highest BCUT2D eigenvalue weighted by Crippen LogP contribution is 2.31. The van der Waals surface area contributed by atoms with E-state index < -0.39 is 0 Å². The van der Waals surface area contributed by atoms with Crippen molar-refractivity contribution in [2.45, 2.75) is 19.9 Å². The average molecular weight is 397 g/mol. The summed E-state index contributed by atoms with van der Waals surface area (Å²) < 4.78 is 5.94. The molecule has 0 radical (unpaired) electrons. The molecule has 0 fully saturated rings. The third kappa shape index (κ3) is 3.43. The van der Waals surface area contributed by atoms with Crippen molar-refractivity contribution in [2.75, 3.05) is 13.2 Å². The highest BCUT2D eigenvalue weighted by atomic mass is 16.5. The molecule has 150 valence electrons. The standard InChI is InChI=1S/C25H23N3O2/c1-2-17-3-5-18(6-4-17)25(29)28-11-12-30-24-10-8-19(13-21(24)15-28)20-7-9-22-23(14-20)27-16-26-22/h3-10,13-14,16H,2,11-12,15H2,1H3,(H,26,27). The Kier molecular flexibility index (Phi) is 4.71. The van der Waals surface area contributed by atoms with E-state index in [1.165, 1.54) is 5.56 Å². The summed E-state index contributed by atoms with van der Waals surface area (Å²) in [6, 6.07) is 20.3. The Labute approximate surface area is 175 Å². The summed E-state index contributed by atoms with van der Waals surface area (Å²) >= 11 is 0. The summed E-state index contributed by atoms with van der Waals surface area (Å²) in [5.41, 5.74) is 7.12. The maximum absolute atomic E-state index is 13.1. The zero-order valence-electron chi connectivity index (χ0n) is 16.9. The average Bonchev–Trinajstić information content (AvgIpc) is 3.16. The summed E-state index contributed by atoms with van der Waals surface area (Å²) in [5.74, 6) is 0.886. The molecule has 2 heterocycles. The molecule has 0 saturated carbocycles. The summed E-state index contributed by atoms with van der Waals surface area (Å²) in [5, 5.41) is 0. The van der Waals surface area contributed by atoms with Crippen LogP contribution in [-0.4, -0.2) is 33.9 Å². The number of nitrogens with zero attached hydrogens (tertiary/aromatic N) is 2. The van der Waals surface area contributed by atoms with Crippen molar-refractivity contribution in [3.8, 4) is 16.9 Å². The molecule has 1 aromatic heterocycles. The van der Waals surface area contributed by atoms with Crippen LogP contribution in [0.1, 0.15) is 28.4 Å². The third-order valence-corrected chi connectivity index (χ3v) is 5.69. The van der Waals surface area contributed by atoms with Gasteiger partial charge in [0, 0.05) is 17.7 Å². The SMILES string of the molecule is CCc1ccc(C(=O)N2CCOc3ccc(-c4ccc5nc[nH]c5c4)cc3C2)cc1. The van der Waals surface area contributed by atoms with Gasteiger partial charge in [-0.1, -0.05) is 31.2 Å². The molecule has 1 aliphatic rings. The van der Waals surface area contributed by atoms with Crippen molar-refractivity contribution in [1.82, 2.24) is 14.9 Å². The van der Waals surface area contributed by atoms with Crippen molar-refractivity contribution in [1.29, 1.82) is 0 Å². The number of nitrogens with one attached hydrogen (secondary N) is 1. The van der Waals surface area contributed by atoms with Gasteiger partial charge in [0.05, 0.1) is 23.9 Å². The highest BCUT2D eigenvalue weighted by molar-refractivity contribution is 5.94. The monoisotopic (exact) mass is 397 g/mol. The molecule has 0 aliphatic carbocycles. The van der Waals surface area contributed by atoms with Gasteiger partial charge in [0.25, 0.3) is 5.91 Å². The lowest BCUT2D eigenvalue weighted by atomic mass is 10.0. The first-order valence-corrected chi connectivity index (χ1v) is 10.3. The van der Waals surface area contributed by atoms with E-state index in [2.05, 4.69) is 41.2 Å². The number of carbonyl (C=O) groups is 1. The van der Waals surface area contributed by atoms with E-state index in [-0.39, 0.29) is 5.91 Å². The minimum absolute atomic E-state index is 0.0402. The van der Waals surface area contributed by atoms with Crippen molar-refractivity contribution < 1.29 is 9.53 Å². The van der Waals surface area contributed by atoms with Crippen molar-refractivity contribution in [2.24, 2.45) is 0 Å². The maximum atomic E-state index is 13.1. The molecule has 0 spiro atoms. The van der Waals surface area contributed by atoms with Gasteiger partial charge in [-0.25, -0.2) is 4.98 Å². The third-order valence-electron chi connectivity index (χ3n) is 5.69. The first-order valence-electron chi connectivity index (χ1n) is 10.3. The van der Waals surface area contributed by atoms with Crippen molar-refractivity contribution >= 4 is 16.9 Å². The molecular weight excluding hydrogens is 374 g/mol. The lowest BCUT2D eigenvalue weighted by Gasteiger charge is -2.20. The predicted molar refractivity (Wildman–Crippen MR) is 118 cm³/mol. The lowest BCUT2D eigenvalue weighted by molar-refractivity contribution is 0.0733. The van der Waals surface area contributed by atoms with Crippen LogP contribution < -0.4 is 4.74 Å². The first-order chi connectivity index (χ1) is 14.7. The molecule has 1 amide bonds. The molecule has 4 aromatic rings. The highest BCUT2D eigenvalue weighted by Gasteiger charge is 2.21. The fourth-order valence-corrected chi connectivity index (χ4v) is 3.93. The van der Waals surface area contributed by atoms with Crippen LogP contribution >= 0.6 is 0 Å². The summed E-state index contributed by atoms with van der Waals surface area (Å²) in [4.78, 5) is 22.4. The van der Waals surface area contributed by atoms with Gasteiger partial charge in [-0.3, -0.25) is 4.79 Å². The van der Waals surface area contributed by atoms with Crippen LogP contribution in [0.5, 0.6) is 5.75 Å². The molecule has 0 bridgehead atoms. The number of ether oxygens (including phenoxy) is 1. The number of amides is 1. The Morgan fingerprint density at radius 1 is 1.07 bits per heavy atom. The number of rotatable bonds is 3. The first kappa shape index (κ1) is 18.4. The predicted octanol–water partition coefficient (Wildman–Crippen LogP) is 4.83. The van der Waals surface area contributed by atoms with Gasteiger partial charge >= 0.3 is 0 Å². The van der Waals surface area contributed by atoms with Gasteiger partial charge < -0.3 is 14.6 Å². The molecule has 5 rings (SSSR count). The van der Waals surface area contributed by atoms with Crippen LogP contribution in [0.4, 0.5) is 0 Å². The van der Waals surface area contributed by atoms with Gasteiger partial charge in [0.2, 0.25) is 0 Å². The smallest absolute Gasteiger partial charge is 0.254 e. The second-order valence-electron chi connectivity index (χ2n) is 7.58. The number of H-pyrrole nitrogens is 1. The number of aryl methyl sites for hydroxylation is 1. The van der Waals surface area contributed by atoms with Crippen molar-refractivity contribution in [3.05, 3.63) is 83.7 Å². The number of aromatic amines is 1. The minimum atomic E-state index is 0.0402. The zero-order chi connectivity index (χ0) is 20.5. The van der Waals surface area contributed by atoms with Gasteiger partial charge in [-0.15, -0.1) is 0 Å². The quantitative estimate of drug-likeness (QED) is 0.539. The number of aromatic nitrogens is 2. The molecule has 1 N–H and O–H groups in total. The maximum Gasteiger partial charge on any atom is 0.254 e. The Morgan fingerprint density at radius 2 is 1.87 bits per heavy atom. The number of benzene rings is 3. The fraction of sp³-hybridized carbons (Fsp3) is 0.200. The lowest BCUT2D eigenvalue weighted by Crippen LogP contribution is -2.32. The molecule has 3 aromatic carbocycles. The van der Waals surface area contributed by atoms with Crippen LogP contribution in [-0.2, 0) is 13.0 Å². The second kappa shape index (κ2) is 7.67.